The standard InChI is InChI=1S/C16H18F2N2/c1-3-20(13-6-4-5-11(2)9-13)15-8-7-12(19)10-14(15)16(17)18/h4-10,16H,3,19H2,1-2H3. The predicted octanol–water partition coefficient (Wildman–Crippen LogP) is 4.67. The highest BCUT2D eigenvalue weighted by molar-refractivity contribution is 5.69. The lowest BCUT2D eigenvalue weighted by Gasteiger charge is -2.26. The molecule has 2 aromatic rings. The number of rotatable bonds is 4. The molecule has 2 nitrogen and oxygen atoms in total. The van der Waals surface area contributed by atoms with Gasteiger partial charge in [-0.15, -0.1) is 0 Å². The van der Waals surface area contributed by atoms with E-state index in [2.05, 4.69) is 0 Å². The molecule has 0 aliphatic rings. The monoisotopic (exact) mass is 276 g/mol. The number of benzene rings is 2. The number of nitrogens with two attached hydrogens (primary N) is 1. The molecule has 0 aromatic heterocycles. The lowest BCUT2D eigenvalue weighted by Crippen LogP contribution is -2.18. The Bertz CT molecular complexity index is 597. The Hall–Kier alpha value is -2.10. The van der Waals surface area contributed by atoms with Gasteiger partial charge in [-0.25, -0.2) is 8.78 Å². The van der Waals surface area contributed by atoms with Crippen LogP contribution >= 0.6 is 0 Å². The van der Waals surface area contributed by atoms with Gasteiger partial charge in [0.15, 0.2) is 0 Å². The van der Waals surface area contributed by atoms with E-state index < -0.39 is 6.43 Å². The summed E-state index contributed by atoms with van der Waals surface area (Å²) in [5.74, 6) is 0. The van der Waals surface area contributed by atoms with Crippen molar-refractivity contribution in [2.75, 3.05) is 17.2 Å². The molecule has 4 heteroatoms. The Morgan fingerprint density at radius 3 is 2.50 bits per heavy atom. The zero-order chi connectivity index (χ0) is 14.7. The second kappa shape index (κ2) is 5.90. The number of halogens is 2. The molecule has 0 unspecified atom stereocenters. The number of hydrogen-bond acceptors (Lipinski definition) is 2. The SMILES string of the molecule is CCN(c1cccc(C)c1)c1ccc(N)cc1C(F)F. The van der Waals surface area contributed by atoms with E-state index in [0.717, 1.165) is 11.3 Å². The van der Waals surface area contributed by atoms with E-state index >= 15 is 0 Å². The lowest BCUT2D eigenvalue weighted by atomic mass is 10.1. The van der Waals surface area contributed by atoms with E-state index in [9.17, 15) is 8.78 Å². The van der Waals surface area contributed by atoms with E-state index in [0.29, 0.717) is 17.9 Å². The van der Waals surface area contributed by atoms with Gasteiger partial charge in [0.2, 0.25) is 0 Å². The summed E-state index contributed by atoms with van der Waals surface area (Å²) < 4.78 is 26.4. The Balaban J connectivity index is 2.52. The van der Waals surface area contributed by atoms with Crippen LogP contribution in [-0.4, -0.2) is 6.54 Å². The van der Waals surface area contributed by atoms with Crippen molar-refractivity contribution >= 4 is 17.1 Å². The molecule has 2 rings (SSSR count). The fourth-order valence-electron chi connectivity index (χ4n) is 2.28. The van der Waals surface area contributed by atoms with E-state index in [1.165, 1.54) is 6.07 Å². The van der Waals surface area contributed by atoms with Crippen molar-refractivity contribution in [3.8, 4) is 0 Å². The largest absolute Gasteiger partial charge is 0.399 e. The highest BCUT2D eigenvalue weighted by atomic mass is 19.3. The van der Waals surface area contributed by atoms with E-state index in [1.54, 1.807) is 12.1 Å². The Morgan fingerprint density at radius 2 is 1.90 bits per heavy atom. The Kier molecular flexibility index (Phi) is 4.23. The second-order valence-electron chi connectivity index (χ2n) is 4.70. The van der Waals surface area contributed by atoms with Gasteiger partial charge in [-0.3, -0.25) is 0 Å². The van der Waals surface area contributed by atoms with Crippen LogP contribution in [-0.2, 0) is 0 Å². The van der Waals surface area contributed by atoms with Gasteiger partial charge in [0.05, 0.1) is 5.69 Å². The van der Waals surface area contributed by atoms with Crippen LogP contribution in [0.4, 0.5) is 25.8 Å². The number of alkyl halides is 2. The summed E-state index contributed by atoms with van der Waals surface area (Å²) in [6.07, 6.45) is -2.55. The molecule has 2 aromatic carbocycles. The number of anilines is 3. The first-order chi connectivity index (χ1) is 9.52. The van der Waals surface area contributed by atoms with Crippen LogP contribution in [0.1, 0.15) is 24.5 Å². The van der Waals surface area contributed by atoms with Gasteiger partial charge in [-0.05, 0) is 49.7 Å². The molecule has 0 spiro atoms. The summed E-state index contributed by atoms with van der Waals surface area (Å²) in [6.45, 7) is 4.52. The minimum atomic E-state index is -2.55. The quantitative estimate of drug-likeness (QED) is 0.822. The average Bonchev–Trinajstić information content (AvgIpc) is 2.41. The second-order valence-corrected chi connectivity index (χ2v) is 4.70. The van der Waals surface area contributed by atoms with Gasteiger partial charge >= 0.3 is 0 Å². The number of aryl methyl sites for hydroxylation is 1. The van der Waals surface area contributed by atoms with Gasteiger partial charge in [-0.1, -0.05) is 12.1 Å². The average molecular weight is 276 g/mol. The minimum Gasteiger partial charge on any atom is -0.399 e. The first kappa shape index (κ1) is 14.3. The van der Waals surface area contributed by atoms with Crippen LogP contribution in [0.3, 0.4) is 0 Å². The number of nitrogen functional groups attached to an aromatic ring is 1. The topological polar surface area (TPSA) is 29.3 Å². The van der Waals surface area contributed by atoms with Gasteiger partial charge in [0, 0.05) is 23.5 Å². The molecule has 0 bridgehead atoms. The van der Waals surface area contributed by atoms with Crippen molar-refractivity contribution in [3.63, 3.8) is 0 Å². The van der Waals surface area contributed by atoms with Crippen molar-refractivity contribution < 1.29 is 8.78 Å². The van der Waals surface area contributed by atoms with Gasteiger partial charge in [0.1, 0.15) is 0 Å². The molecule has 106 valence electrons. The zero-order valence-electron chi connectivity index (χ0n) is 11.6. The molecule has 0 atom stereocenters. The van der Waals surface area contributed by atoms with Gasteiger partial charge in [0.25, 0.3) is 6.43 Å². The Morgan fingerprint density at radius 1 is 1.15 bits per heavy atom. The van der Waals surface area contributed by atoms with E-state index in [-0.39, 0.29) is 5.56 Å². The molecular formula is C16H18F2N2. The zero-order valence-corrected chi connectivity index (χ0v) is 11.6. The molecule has 20 heavy (non-hydrogen) atoms. The molecule has 0 saturated carbocycles. The minimum absolute atomic E-state index is 0.0339. The van der Waals surface area contributed by atoms with Crippen molar-refractivity contribution in [3.05, 3.63) is 53.6 Å². The molecule has 0 radical (unpaired) electrons. The maximum atomic E-state index is 13.2. The number of nitrogens with zero attached hydrogens (tertiary/aromatic N) is 1. The summed E-state index contributed by atoms with van der Waals surface area (Å²) in [4.78, 5) is 1.87. The van der Waals surface area contributed by atoms with E-state index in [1.807, 2.05) is 43.0 Å². The fourth-order valence-corrected chi connectivity index (χ4v) is 2.28. The molecule has 0 heterocycles. The van der Waals surface area contributed by atoms with Crippen molar-refractivity contribution in [2.24, 2.45) is 0 Å². The van der Waals surface area contributed by atoms with Crippen LogP contribution < -0.4 is 10.6 Å². The third-order valence-corrected chi connectivity index (χ3v) is 3.21. The van der Waals surface area contributed by atoms with Crippen LogP contribution in [0.2, 0.25) is 0 Å². The molecule has 2 N–H and O–H groups in total. The molecule has 0 fully saturated rings. The van der Waals surface area contributed by atoms with Crippen LogP contribution in [0.15, 0.2) is 42.5 Å². The van der Waals surface area contributed by atoms with Crippen molar-refractivity contribution in [1.82, 2.24) is 0 Å². The van der Waals surface area contributed by atoms with E-state index in [4.69, 9.17) is 5.73 Å². The lowest BCUT2D eigenvalue weighted by molar-refractivity contribution is 0.152. The summed E-state index contributed by atoms with van der Waals surface area (Å²) in [6, 6.07) is 12.5. The molecule has 0 aliphatic carbocycles. The first-order valence-corrected chi connectivity index (χ1v) is 6.54. The van der Waals surface area contributed by atoms with Crippen molar-refractivity contribution in [2.45, 2.75) is 20.3 Å². The van der Waals surface area contributed by atoms with Gasteiger partial charge < -0.3 is 10.6 Å². The summed E-state index contributed by atoms with van der Waals surface area (Å²) in [5.41, 5.74) is 8.43. The fraction of sp³-hybridized carbons (Fsp3) is 0.250. The summed E-state index contributed by atoms with van der Waals surface area (Å²) in [5, 5.41) is 0. The third kappa shape index (κ3) is 2.90. The third-order valence-electron chi connectivity index (χ3n) is 3.21. The predicted molar refractivity (Wildman–Crippen MR) is 79.7 cm³/mol. The van der Waals surface area contributed by atoms with Crippen molar-refractivity contribution in [1.29, 1.82) is 0 Å². The van der Waals surface area contributed by atoms with Crippen LogP contribution in [0.25, 0.3) is 0 Å². The summed E-state index contributed by atoms with van der Waals surface area (Å²) in [7, 11) is 0. The molecule has 0 amide bonds. The molecule has 0 aliphatic heterocycles. The highest BCUT2D eigenvalue weighted by Gasteiger charge is 2.18. The smallest absolute Gasteiger partial charge is 0.265 e. The maximum absolute atomic E-state index is 13.2. The highest BCUT2D eigenvalue weighted by Crippen LogP contribution is 2.35. The molecular weight excluding hydrogens is 258 g/mol. The normalized spacial score (nSPS) is 10.8. The molecule has 0 saturated heterocycles. The number of hydrogen-bond donors (Lipinski definition) is 1. The van der Waals surface area contributed by atoms with Crippen LogP contribution in [0.5, 0.6) is 0 Å². The van der Waals surface area contributed by atoms with Gasteiger partial charge in [-0.2, -0.15) is 0 Å². The van der Waals surface area contributed by atoms with Crippen LogP contribution in [0, 0.1) is 6.92 Å². The first-order valence-electron chi connectivity index (χ1n) is 6.54. The maximum Gasteiger partial charge on any atom is 0.265 e. The Labute approximate surface area is 117 Å². The summed E-state index contributed by atoms with van der Waals surface area (Å²) >= 11 is 0.